The van der Waals surface area contributed by atoms with E-state index in [9.17, 15) is 4.79 Å². The number of carbonyl (C=O) groups is 1. The minimum Gasteiger partial charge on any atom is -0.375 e. The van der Waals surface area contributed by atoms with Crippen molar-refractivity contribution in [3.63, 3.8) is 0 Å². The number of nitrogens with zero attached hydrogens (tertiary/aromatic N) is 1. The Kier molecular flexibility index (Phi) is 6.30. The minimum absolute atomic E-state index is 0.0843. The third kappa shape index (κ3) is 4.16. The Hall–Kier alpha value is -0.260. The molecule has 0 aromatic heterocycles. The van der Waals surface area contributed by atoms with Crippen molar-refractivity contribution >= 4 is 17.7 Å². The van der Waals surface area contributed by atoms with Crippen LogP contribution in [0, 0.1) is 0 Å². The molecule has 0 spiro atoms. The van der Waals surface area contributed by atoms with Gasteiger partial charge in [-0.2, -0.15) is 11.8 Å². The number of thioether (sulfide) groups is 1. The van der Waals surface area contributed by atoms with E-state index in [0.29, 0.717) is 13.2 Å². The molecule has 100 valence electrons. The van der Waals surface area contributed by atoms with E-state index in [1.165, 1.54) is 0 Å². The van der Waals surface area contributed by atoms with Crippen LogP contribution in [0.25, 0.3) is 0 Å². The summed E-state index contributed by atoms with van der Waals surface area (Å²) in [5.74, 6) is 1.02. The maximum absolute atomic E-state index is 12.3. The fourth-order valence-corrected chi connectivity index (χ4v) is 2.52. The molecule has 1 aliphatic rings. The largest absolute Gasteiger partial charge is 0.375 e. The summed E-state index contributed by atoms with van der Waals surface area (Å²) in [5.41, 5.74) is 5.95. The molecule has 0 radical (unpaired) electrons. The van der Waals surface area contributed by atoms with Crippen molar-refractivity contribution in [2.45, 2.75) is 44.9 Å². The van der Waals surface area contributed by atoms with Crippen LogP contribution in [0.1, 0.15) is 26.7 Å². The van der Waals surface area contributed by atoms with Gasteiger partial charge >= 0.3 is 0 Å². The Morgan fingerprint density at radius 2 is 2.35 bits per heavy atom. The lowest BCUT2D eigenvalue weighted by atomic mass is 10.1. The molecule has 1 fully saturated rings. The summed E-state index contributed by atoms with van der Waals surface area (Å²) in [6.45, 7) is 5.39. The summed E-state index contributed by atoms with van der Waals surface area (Å²) in [7, 11) is 0. The number of nitrogens with two attached hydrogens (primary N) is 1. The number of hydrogen-bond acceptors (Lipinski definition) is 4. The van der Waals surface area contributed by atoms with Crippen LogP contribution in [-0.4, -0.2) is 54.2 Å². The molecule has 1 aliphatic heterocycles. The lowest BCUT2D eigenvalue weighted by molar-refractivity contribution is -0.145. The van der Waals surface area contributed by atoms with Crippen molar-refractivity contribution in [3.8, 4) is 0 Å². The van der Waals surface area contributed by atoms with E-state index in [1.807, 2.05) is 18.1 Å². The van der Waals surface area contributed by atoms with Crippen LogP contribution in [-0.2, 0) is 9.53 Å². The lowest BCUT2D eigenvalue weighted by Gasteiger charge is -2.39. The van der Waals surface area contributed by atoms with Gasteiger partial charge in [-0.15, -0.1) is 0 Å². The summed E-state index contributed by atoms with van der Waals surface area (Å²) in [6, 6.07) is -0.166. The van der Waals surface area contributed by atoms with E-state index < -0.39 is 0 Å². The highest BCUT2D eigenvalue weighted by Gasteiger charge is 2.31. The molecule has 1 rings (SSSR count). The predicted molar refractivity (Wildman–Crippen MR) is 72.2 cm³/mol. The molecule has 0 aliphatic carbocycles. The van der Waals surface area contributed by atoms with Crippen molar-refractivity contribution in [1.82, 2.24) is 4.90 Å². The Labute approximate surface area is 108 Å². The molecule has 1 saturated heterocycles. The van der Waals surface area contributed by atoms with Crippen molar-refractivity contribution in [2.24, 2.45) is 5.73 Å². The molecule has 4 nitrogen and oxygen atoms in total. The monoisotopic (exact) mass is 260 g/mol. The summed E-state index contributed by atoms with van der Waals surface area (Å²) in [5, 5.41) is 0. The van der Waals surface area contributed by atoms with Crippen LogP contribution in [0.4, 0.5) is 0 Å². The molecule has 5 heteroatoms. The van der Waals surface area contributed by atoms with E-state index in [0.717, 1.165) is 18.6 Å². The molecule has 1 amide bonds. The summed E-state index contributed by atoms with van der Waals surface area (Å²) in [4.78, 5) is 14.2. The third-order valence-corrected chi connectivity index (χ3v) is 3.82. The zero-order chi connectivity index (χ0) is 12.8. The quantitative estimate of drug-likeness (QED) is 0.804. The van der Waals surface area contributed by atoms with Crippen LogP contribution in [0.3, 0.4) is 0 Å². The SMILES string of the molecule is CCC1COC(C)CN1C(=O)[C@H](N)CCSC. The van der Waals surface area contributed by atoms with E-state index in [4.69, 9.17) is 10.5 Å². The normalized spacial score (nSPS) is 26.9. The van der Waals surface area contributed by atoms with E-state index >= 15 is 0 Å². The molecule has 17 heavy (non-hydrogen) atoms. The zero-order valence-electron chi connectivity index (χ0n) is 11.0. The predicted octanol–water partition coefficient (Wildman–Crippen LogP) is 1.09. The van der Waals surface area contributed by atoms with Gasteiger partial charge in [-0.1, -0.05) is 6.92 Å². The fraction of sp³-hybridized carbons (Fsp3) is 0.917. The second-order valence-electron chi connectivity index (χ2n) is 4.58. The second kappa shape index (κ2) is 7.24. The average molecular weight is 260 g/mol. The van der Waals surface area contributed by atoms with Gasteiger partial charge in [0, 0.05) is 6.54 Å². The van der Waals surface area contributed by atoms with Gasteiger partial charge in [-0.25, -0.2) is 0 Å². The van der Waals surface area contributed by atoms with Crippen molar-refractivity contribution in [3.05, 3.63) is 0 Å². The van der Waals surface area contributed by atoms with E-state index in [1.54, 1.807) is 11.8 Å². The molecule has 2 unspecified atom stereocenters. The Bertz CT molecular complexity index is 251. The number of rotatable bonds is 5. The van der Waals surface area contributed by atoms with Crippen LogP contribution < -0.4 is 5.73 Å². The molecular formula is C12H24N2O2S. The number of amides is 1. The number of carbonyl (C=O) groups excluding carboxylic acids is 1. The second-order valence-corrected chi connectivity index (χ2v) is 5.57. The smallest absolute Gasteiger partial charge is 0.239 e. The zero-order valence-corrected chi connectivity index (χ0v) is 11.8. The van der Waals surface area contributed by atoms with E-state index in [-0.39, 0.29) is 24.1 Å². The number of hydrogen-bond donors (Lipinski definition) is 1. The van der Waals surface area contributed by atoms with Crippen LogP contribution >= 0.6 is 11.8 Å². The summed E-state index contributed by atoms with van der Waals surface area (Å²) in [6.07, 6.45) is 3.83. The summed E-state index contributed by atoms with van der Waals surface area (Å²) < 4.78 is 5.58. The number of morpholine rings is 1. The van der Waals surface area contributed by atoms with Crippen molar-refractivity contribution in [1.29, 1.82) is 0 Å². The molecular weight excluding hydrogens is 236 g/mol. The van der Waals surface area contributed by atoms with Crippen LogP contribution in [0.2, 0.25) is 0 Å². The van der Waals surface area contributed by atoms with Gasteiger partial charge in [0.15, 0.2) is 0 Å². The first-order valence-electron chi connectivity index (χ1n) is 6.26. The molecule has 3 atom stereocenters. The highest BCUT2D eigenvalue weighted by atomic mass is 32.2. The highest BCUT2D eigenvalue weighted by Crippen LogP contribution is 2.16. The van der Waals surface area contributed by atoms with Crippen molar-refractivity contribution < 1.29 is 9.53 Å². The Morgan fingerprint density at radius 1 is 1.65 bits per heavy atom. The topological polar surface area (TPSA) is 55.6 Å². The van der Waals surface area contributed by atoms with Gasteiger partial charge in [-0.05, 0) is 31.8 Å². The number of ether oxygens (including phenoxy) is 1. The maximum Gasteiger partial charge on any atom is 0.239 e. The molecule has 2 N–H and O–H groups in total. The first-order valence-corrected chi connectivity index (χ1v) is 7.66. The Morgan fingerprint density at radius 3 is 2.94 bits per heavy atom. The van der Waals surface area contributed by atoms with Gasteiger partial charge in [0.2, 0.25) is 5.91 Å². The molecule has 0 aromatic carbocycles. The van der Waals surface area contributed by atoms with Crippen LogP contribution in [0.15, 0.2) is 0 Å². The lowest BCUT2D eigenvalue weighted by Crippen LogP contribution is -2.55. The summed E-state index contributed by atoms with van der Waals surface area (Å²) >= 11 is 1.73. The molecule has 0 bridgehead atoms. The molecule has 1 heterocycles. The highest BCUT2D eigenvalue weighted by molar-refractivity contribution is 7.98. The van der Waals surface area contributed by atoms with Crippen molar-refractivity contribution in [2.75, 3.05) is 25.2 Å². The first-order chi connectivity index (χ1) is 8.10. The average Bonchev–Trinajstić information content (AvgIpc) is 2.34. The van der Waals surface area contributed by atoms with E-state index in [2.05, 4.69) is 6.92 Å². The minimum atomic E-state index is -0.359. The van der Waals surface area contributed by atoms with Gasteiger partial charge < -0.3 is 15.4 Å². The van der Waals surface area contributed by atoms with Gasteiger partial charge in [0.05, 0.1) is 24.8 Å². The van der Waals surface area contributed by atoms with Gasteiger partial charge in [-0.3, -0.25) is 4.79 Å². The molecule has 0 saturated carbocycles. The third-order valence-electron chi connectivity index (χ3n) is 3.17. The maximum atomic E-state index is 12.3. The standard InChI is InChI=1S/C12H24N2O2S/c1-4-10-8-16-9(2)7-14(10)12(15)11(13)5-6-17-3/h9-11H,4-8,13H2,1-3H3/t9?,10?,11-/m1/s1. The Balaban J connectivity index is 2.57. The fourth-order valence-electron chi connectivity index (χ4n) is 2.03. The van der Waals surface area contributed by atoms with Gasteiger partial charge in [0.25, 0.3) is 0 Å². The van der Waals surface area contributed by atoms with Crippen LogP contribution in [0.5, 0.6) is 0 Å². The van der Waals surface area contributed by atoms with Gasteiger partial charge in [0.1, 0.15) is 0 Å². The first kappa shape index (κ1) is 14.8. The molecule has 0 aromatic rings.